The molecule has 0 radical (unpaired) electrons. The van der Waals surface area contributed by atoms with Crippen LogP contribution >= 0.6 is 0 Å². The van der Waals surface area contributed by atoms with Crippen LogP contribution in [0.15, 0.2) is 18.3 Å². The van der Waals surface area contributed by atoms with Crippen molar-refractivity contribution in [3.8, 4) is 0 Å². The first-order chi connectivity index (χ1) is 8.22. The molecule has 0 saturated heterocycles. The number of hydrogen-bond donors (Lipinski definition) is 2. The van der Waals surface area contributed by atoms with E-state index in [1.807, 2.05) is 18.3 Å². The minimum Gasteiger partial charge on any atom is -0.349 e. The van der Waals surface area contributed by atoms with Crippen LogP contribution in [0.3, 0.4) is 0 Å². The molecule has 1 fully saturated rings. The summed E-state index contributed by atoms with van der Waals surface area (Å²) in [5.41, 5.74) is 8.08. The molecule has 5 nitrogen and oxygen atoms in total. The molecule has 5 heteroatoms. The van der Waals surface area contributed by atoms with Crippen LogP contribution in [0.25, 0.3) is 5.65 Å². The van der Waals surface area contributed by atoms with Crippen LogP contribution in [0.2, 0.25) is 0 Å². The van der Waals surface area contributed by atoms with Crippen molar-refractivity contribution < 1.29 is 0 Å². The summed E-state index contributed by atoms with van der Waals surface area (Å²) in [6.45, 7) is 2.05. The number of aryl methyl sites for hydroxylation is 1. The van der Waals surface area contributed by atoms with E-state index in [-0.39, 0.29) is 6.04 Å². The van der Waals surface area contributed by atoms with Gasteiger partial charge in [-0.15, -0.1) is 5.10 Å². The van der Waals surface area contributed by atoms with E-state index in [2.05, 4.69) is 22.3 Å². The first-order valence-corrected chi connectivity index (χ1v) is 6.07. The summed E-state index contributed by atoms with van der Waals surface area (Å²) in [6.07, 6.45) is 5.31. The van der Waals surface area contributed by atoms with E-state index < -0.39 is 0 Å². The van der Waals surface area contributed by atoms with E-state index >= 15 is 0 Å². The van der Waals surface area contributed by atoms with Gasteiger partial charge in [0.2, 0.25) is 5.95 Å². The molecule has 2 unspecified atom stereocenters. The average molecular weight is 231 g/mol. The molecule has 0 bridgehead atoms. The van der Waals surface area contributed by atoms with Gasteiger partial charge in [-0.1, -0.05) is 0 Å². The Morgan fingerprint density at radius 1 is 1.47 bits per heavy atom. The largest absolute Gasteiger partial charge is 0.349 e. The molecule has 3 rings (SSSR count). The van der Waals surface area contributed by atoms with E-state index in [4.69, 9.17) is 5.73 Å². The average Bonchev–Trinajstić information content (AvgIpc) is 2.85. The molecule has 0 amide bonds. The van der Waals surface area contributed by atoms with Crippen LogP contribution in [0.5, 0.6) is 0 Å². The summed E-state index contributed by atoms with van der Waals surface area (Å²) in [6, 6.07) is 4.58. The van der Waals surface area contributed by atoms with Crippen molar-refractivity contribution in [2.75, 3.05) is 5.32 Å². The molecule has 2 aromatic heterocycles. The Hall–Kier alpha value is -1.62. The van der Waals surface area contributed by atoms with Crippen LogP contribution in [0.1, 0.15) is 24.8 Å². The van der Waals surface area contributed by atoms with E-state index in [1.165, 1.54) is 12.0 Å². The second-order valence-corrected chi connectivity index (χ2v) is 4.79. The number of nitrogens with two attached hydrogens (primary N) is 1. The van der Waals surface area contributed by atoms with Gasteiger partial charge in [0, 0.05) is 18.3 Å². The summed E-state index contributed by atoms with van der Waals surface area (Å²) >= 11 is 0. The van der Waals surface area contributed by atoms with Crippen LogP contribution in [0.4, 0.5) is 5.95 Å². The van der Waals surface area contributed by atoms with Crippen LogP contribution in [0, 0.1) is 6.92 Å². The number of hydrogen-bond acceptors (Lipinski definition) is 4. The van der Waals surface area contributed by atoms with E-state index in [9.17, 15) is 0 Å². The minimum absolute atomic E-state index is 0.225. The lowest BCUT2D eigenvalue weighted by atomic mass is 10.2. The Morgan fingerprint density at radius 3 is 3.12 bits per heavy atom. The van der Waals surface area contributed by atoms with Gasteiger partial charge in [-0.25, -0.2) is 4.52 Å². The second kappa shape index (κ2) is 4.00. The zero-order valence-corrected chi connectivity index (χ0v) is 9.93. The van der Waals surface area contributed by atoms with Crippen molar-refractivity contribution in [2.24, 2.45) is 5.73 Å². The highest BCUT2D eigenvalue weighted by atomic mass is 15.3. The van der Waals surface area contributed by atoms with Crippen molar-refractivity contribution in [2.45, 2.75) is 38.3 Å². The van der Waals surface area contributed by atoms with Gasteiger partial charge in [-0.05, 0) is 43.9 Å². The second-order valence-electron chi connectivity index (χ2n) is 4.79. The van der Waals surface area contributed by atoms with Gasteiger partial charge in [0.25, 0.3) is 0 Å². The third kappa shape index (κ3) is 1.98. The molecule has 90 valence electrons. The summed E-state index contributed by atoms with van der Waals surface area (Å²) < 4.78 is 1.79. The molecule has 0 aliphatic heterocycles. The Morgan fingerprint density at radius 2 is 2.35 bits per heavy atom. The van der Waals surface area contributed by atoms with E-state index in [0.717, 1.165) is 18.5 Å². The van der Waals surface area contributed by atoms with Gasteiger partial charge in [0.05, 0.1) is 0 Å². The Labute approximate surface area is 100 Å². The molecular weight excluding hydrogens is 214 g/mol. The molecule has 1 saturated carbocycles. The molecule has 2 heterocycles. The summed E-state index contributed by atoms with van der Waals surface area (Å²) in [5.74, 6) is 0.679. The molecule has 2 aromatic rings. The normalized spacial score (nSPS) is 24.4. The Bertz CT molecular complexity index is 533. The van der Waals surface area contributed by atoms with Crippen molar-refractivity contribution >= 4 is 11.6 Å². The highest BCUT2D eigenvalue weighted by Crippen LogP contribution is 2.20. The highest BCUT2D eigenvalue weighted by molar-refractivity contribution is 5.45. The molecule has 1 aliphatic carbocycles. The maximum absolute atomic E-state index is 6.02. The van der Waals surface area contributed by atoms with Crippen LogP contribution in [-0.4, -0.2) is 26.7 Å². The topological polar surface area (TPSA) is 68.2 Å². The van der Waals surface area contributed by atoms with Crippen LogP contribution < -0.4 is 11.1 Å². The predicted octanol–water partition coefficient (Wildman–Crippen LogP) is 1.33. The van der Waals surface area contributed by atoms with Gasteiger partial charge in [-0.2, -0.15) is 4.98 Å². The van der Waals surface area contributed by atoms with Crippen molar-refractivity contribution in [3.05, 3.63) is 23.9 Å². The Kier molecular flexibility index (Phi) is 2.48. The fourth-order valence-corrected chi connectivity index (χ4v) is 2.38. The van der Waals surface area contributed by atoms with Gasteiger partial charge in [0.15, 0.2) is 5.65 Å². The van der Waals surface area contributed by atoms with Crippen molar-refractivity contribution in [1.82, 2.24) is 14.6 Å². The number of fused-ring (bicyclic) bond motifs is 1. The molecule has 17 heavy (non-hydrogen) atoms. The predicted molar refractivity (Wildman–Crippen MR) is 67.0 cm³/mol. The molecule has 2 atom stereocenters. The number of nitrogens with one attached hydrogen (secondary N) is 1. The van der Waals surface area contributed by atoms with E-state index in [0.29, 0.717) is 12.0 Å². The van der Waals surface area contributed by atoms with E-state index in [1.54, 1.807) is 4.52 Å². The molecule has 0 spiro atoms. The van der Waals surface area contributed by atoms with Crippen LogP contribution in [-0.2, 0) is 0 Å². The third-order valence-corrected chi connectivity index (χ3v) is 3.38. The summed E-state index contributed by atoms with van der Waals surface area (Å²) in [7, 11) is 0. The number of aromatic nitrogens is 3. The first-order valence-electron chi connectivity index (χ1n) is 6.07. The summed E-state index contributed by atoms with van der Waals surface area (Å²) in [4.78, 5) is 4.46. The molecule has 0 aromatic carbocycles. The first kappa shape index (κ1) is 10.5. The fraction of sp³-hybridized carbons (Fsp3) is 0.500. The zero-order chi connectivity index (χ0) is 11.8. The Balaban J connectivity index is 1.85. The van der Waals surface area contributed by atoms with Gasteiger partial charge >= 0.3 is 0 Å². The SMILES string of the molecule is Cc1ccn2nc(NC3CCCC3N)nc2c1. The number of pyridine rings is 1. The lowest BCUT2D eigenvalue weighted by Gasteiger charge is -2.15. The maximum Gasteiger partial charge on any atom is 0.243 e. The molecule has 3 N–H and O–H groups in total. The lowest BCUT2D eigenvalue weighted by molar-refractivity contribution is 0.633. The number of rotatable bonds is 2. The quantitative estimate of drug-likeness (QED) is 0.818. The number of anilines is 1. The molecular formula is C12H17N5. The van der Waals surface area contributed by atoms with Crippen molar-refractivity contribution in [3.63, 3.8) is 0 Å². The zero-order valence-electron chi connectivity index (χ0n) is 9.93. The maximum atomic E-state index is 6.02. The standard InChI is InChI=1S/C12H17N5/c1-8-5-6-17-11(7-8)15-12(16-17)14-10-4-2-3-9(10)13/h5-7,9-10H,2-4,13H2,1H3,(H,14,16). The number of nitrogens with zero attached hydrogens (tertiary/aromatic N) is 3. The smallest absolute Gasteiger partial charge is 0.243 e. The van der Waals surface area contributed by atoms with Gasteiger partial charge in [-0.3, -0.25) is 0 Å². The lowest BCUT2D eigenvalue weighted by Crippen LogP contribution is -2.35. The minimum atomic E-state index is 0.225. The fourth-order valence-electron chi connectivity index (χ4n) is 2.38. The monoisotopic (exact) mass is 231 g/mol. The van der Waals surface area contributed by atoms with Gasteiger partial charge < -0.3 is 11.1 Å². The van der Waals surface area contributed by atoms with Gasteiger partial charge in [0.1, 0.15) is 0 Å². The summed E-state index contributed by atoms with van der Waals surface area (Å²) in [5, 5.41) is 7.72. The third-order valence-electron chi connectivity index (χ3n) is 3.38. The van der Waals surface area contributed by atoms with Crippen molar-refractivity contribution in [1.29, 1.82) is 0 Å². The highest BCUT2D eigenvalue weighted by Gasteiger charge is 2.24. The molecule has 1 aliphatic rings.